The number of methoxy groups -OCH3 is 1. The van der Waals surface area contributed by atoms with Crippen LogP contribution < -0.4 is 4.74 Å². The number of aliphatic carboxylic acids is 1. The van der Waals surface area contributed by atoms with E-state index in [0.717, 1.165) is 0 Å². The first-order chi connectivity index (χ1) is 9.11. The average molecular weight is 260 g/mol. The van der Waals surface area contributed by atoms with E-state index in [4.69, 9.17) is 4.74 Å². The highest BCUT2D eigenvalue weighted by molar-refractivity contribution is 6.14. The second-order valence-corrected chi connectivity index (χ2v) is 3.75. The summed E-state index contributed by atoms with van der Waals surface area (Å²) in [5.74, 6) is -0.0679. The average Bonchev–Trinajstić information content (AvgIpc) is 2.82. The Labute approximate surface area is 109 Å². The predicted molar refractivity (Wildman–Crippen MR) is 67.4 cm³/mol. The Morgan fingerprint density at radius 3 is 2.84 bits per heavy atom. The summed E-state index contributed by atoms with van der Waals surface area (Å²) >= 11 is 0. The van der Waals surface area contributed by atoms with Crippen molar-refractivity contribution in [3.63, 3.8) is 0 Å². The van der Waals surface area contributed by atoms with Gasteiger partial charge in [0.25, 0.3) is 0 Å². The van der Waals surface area contributed by atoms with Gasteiger partial charge in [0, 0.05) is 0 Å². The van der Waals surface area contributed by atoms with Crippen molar-refractivity contribution >= 4 is 17.7 Å². The molecule has 2 rings (SSSR count). The van der Waals surface area contributed by atoms with Crippen LogP contribution in [0, 0.1) is 6.92 Å². The third-order valence-electron chi connectivity index (χ3n) is 2.47. The second kappa shape index (κ2) is 5.30. The van der Waals surface area contributed by atoms with E-state index < -0.39 is 5.97 Å². The minimum absolute atomic E-state index is 0.0317. The van der Waals surface area contributed by atoms with E-state index in [1.165, 1.54) is 10.8 Å². The second-order valence-electron chi connectivity index (χ2n) is 3.75. The Balaban J connectivity index is 2.47. The molecule has 0 radical (unpaired) electrons. The Morgan fingerprint density at radius 2 is 2.26 bits per heavy atom. The smallest absolute Gasteiger partial charge is 0.354 e. The van der Waals surface area contributed by atoms with Gasteiger partial charge in [-0.25, -0.2) is 4.79 Å². The van der Waals surface area contributed by atoms with Crippen LogP contribution >= 0.6 is 0 Å². The van der Waals surface area contributed by atoms with Crippen molar-refractivity contribution in [3.8, 4) is 5.75 Å². The van der Waals surface area contributed by atoms with Gasteiger partial charge < -0.3 is 9.84 Å². The number of benzene rings is 1. The fourth-order valence-corrected chi connectivity index (χ4v) is 1.56. The molecule has 0 saturated heterocycles. The molecule has 1 N–H and O–H groups in total. The quantitative estimate of drug-likeness (QED) is 0.827. The van der Waals surface area contributed by atoms with Gasteiger partial charge in [-0.2, -0.15) is 4.68 Å². The van der Waals surface area contributed by atoms with Gasteiger partial charge in [0.1, 0.15) is 5.75 Å². The molecule has 0 spiro atoms. The molecule has 0 saturated carbocycles. The molecular weight excluding hydrogens is 248 g/mol. The van der Waals surface area contributed by atoms with Crippen molar-refractivity contribution in [1.29, 1.82) is 0 Å². The molecule has 0 fully saturated rings. The Morgan fingerprint density at radius 1 is 1.47 bits per heavy atom. The maximum absolute atomic E-state index is 11.3. The molecule has 0 aliphatic rings. The summed E-state index contributed by atoms with van der Waals surface area (Å²) in [7, 11) is 1.55. The van der Waals surface area contributed by atoms with Crippen LogP contribution in [-0.4, -0.2) is 38.4 Å². The fraction of sp³-hybridized carbons (Fsp3) is 0.167. The van der Waals surface area contributed by atoms with Crippen LogP contribution in [0.4, 0.5) is 0 Å². The van der Waals surface area contributed by atoms with E-state index in [1.54, 1.807) is 38.3 Å². The summed E-state index contributed by atoms with van der Waals surface area (Å²) in [5, 5.41) is 20.0. The molecule has 7 heteroatoms. The molecule has 0 aliphatic heterocycles. The van der Waals surface area contributed by atoms with E-state index in [0.29, 0.717) is 17.1 Å². The minimum Gasteiger partial charge on any atom is -0.497 e. The molecule has 0 aliphatic carbocycles. The molecule has 98 valence electrons. The van der Waals surface area contributed by atoms with Crippen LogP contribution in [0.3, 0.4) is 0 Å². The van der Waals surface area contributed by atoms with Crippen molar-refractivity contribution in [2.45, 2.75) is 6.92 Å². The van der Waals surface area contributed by atoms with Crippen molar-refractivity contribution in [3.05, 3.63) is 35.7 Å². The predicted octanol–water partition coefficient (Wildman–Crippen LogP) is 1.07. The molecular formula is C12H12N4O3. The summed E-state index contributed by atoms with van der Waals surface area (Å²) < 4.78 is 6.26. The number of carboxylic acids is 1. The van der Waals surface area contributed by atoms with E-state index in [-0.39, 0.29) is 5.70 Å². The highest BCUT2D eigenvalue weighted by Gasteiger charge is 2.14. The third-order valence-corrected chi connectivity index (χ3v) is 2.47. The Bertz CT molecular complexity index is 633. The normalized spacial score (nSPS) is 11.4. The third kappa shape index (κ3) is 2.76. The van der Waals surface area contributed by atoms with Crippen molar-refractivity contribution in [2.24, 2.45) is 0 Å². The lowest BCUT2D eigenvalue weighted by atomic mass is 10.2. The molecule has 1 heterocycles. The van der Waals surface area contributed by atoms with Gasteiger partial charge in [-0.05, 0) is 41.1 Å². The molecule has 0 bridgehead atoms. The number of hydrogen-bond donors (Lipinski definition) is 1. The van der Waals surface area contributed by atoms with Crippen LogP contribution in [-0.2, 0) is 4.79 Å². The molecule has 0 atom stereocenters. The van der Waals surface area contributed by atoms with E-state index in [9.17, 15) is 9.90 Å². The lowest BCUT2D eigenvalue weighted by Crippen LogP contribution is -2.11. The summed E-state index contributed by atoms with van der Waals surface area (Å²) in [6.45, 7) is 1.63. The number of tetrazole rings is 1. The number of carboxylic acid groups (broad SMARTS) is 1. The summed E-state index contributed by atoms with van der Waals surface area (Å²) in [6, 6.07) is 7.05. The Kier molecular flexibility index (Phi) is 3.56. The van der Waals surface area contributed by atoms with Crippen molar-refractivity contribution in [1.82, 2.24) is 20.2 Å². The zero-order valence-corrected chi connectivity index (χ0v) is 10.4. The van der Waals surface area contributed by atoms with Gasteiger partial charge in [-0.15, -0.1) is 5.10 Å². The van der Waals surface area contributed by atoms with Crippen LogP contribution in [0.5, 0.6) is 5.75 Å². The Hall–Kier alpha value is -2.70. The lowest BCUT2D eigenvalue weighted by molar-refractivity contribution is -0.130. The number of aryl methyl sites for hydroxylation is 1. The fourth-order valence-electron chi connectivity index (χ4n) is 1.56. The maximum atomic E-state index is 11.3. The summed E-state index contributed by atoms with van der Waals surface area (Å²) in [5.41, 5.74) is 0.655. The van der Waals surface area contributed by atoms with E-state index in [2.05, 4.69) is 15.5 Å². The number of ether oxygens (including phenoxy) is 1. The van der Waals surface area contributed by atoms with Gasteiger partial charge in [-0.1, -0.05) is 12.1 Å². The molecule has 2 aromatic rings. The largest absolute Gasteiger partial charge is 0.497 e. The van der Waals surface area contributed by atoms with E-state index in [1.807, 2.05) is 0 Å². The number of aromatic nitrogens is 4. The van der Waals surface area contributed by atoms with Crippen LogP contribution in [0.1, 0.15) is 11.4 Å². The van der Waals surface area contributed by atoms with Gasteiger partial charge in [0.05, 0.1) is 7.11 Å². The SMILES string of the molecule is COc1cccc(/C=C(\C(=O)O)n2nnnc2C)c1. The lowest BCUT2D eigenvalue weighted by Gasteiger charge is -2.04. The van der Waals surface area contributed by atoms with Gasteiger partial charge in [-0.3, -0.25) is 0 Å². The topological polar surface area (TPSA) is 90.1 Å². The molecule has 0 amide bonds. The minimum atomic E-state index is -1.11. The molecule has 1 aromatic carbocycles. The molecule has 0 unspecified atom stereocenters. The zero-order valence-electron chi connectivity index (χ0n) is 10.4. The summed E-state index contributed by atoms with van der Waals surface area (Å²) in [6.07, 6.45) is 1.48. The molecule has 19 heavy (non-hydrogen) atoms. The van der Waals surface area contributed by atoms with Gasteiger partial charge >= 0.3 is 5.97 Å². The first-order valence-electron chi connectivity index (χ1n) is 5.46. The summed E-state index contributed by atoms with van der Waals surface area (Å²) in [4.78, 5) is 11.3. The van der Waals surface area contributed by atoms with Gasteiger partial charge in [0.15, 0.2) is 11.5 Å². The van der Waals surface area contributed by atoms with Crippen molar-refractivity contribution in [2.75, 3.05) is 7.11 Å². The highest BCUT2D eigenvalue weighted by Crippen LogP contribution is 2.17. The van der Waals surface area contributed by atoms with Crippen LogP contribution in [0.15, 0.2) is 24.3 Å². The van der Waals surface area contributed by atoms with Crippen LogP contribution in [0.25, 0.3) is 11.8 Å². The molecule has 7 nitrogen and oxygen atoms in total. The first-order valence-corrected chi connectivity index (χ1v) is 5.46. The number of carbonyl (C=O) groups is 1. The zero-order chi connectivity index (χ0) is 13.8. The number of rotatable bonds is 4. The van der Waals surface area contributed by atoms with Gasteiger partial charge in [0.2, 0.25) is 0 Å². The highest BCUT2D eigenvalue weighted by atomic mass is 16.5. The standard InChI is InChI=1S/C12H12N4O3/c1-8-13-14-15-16(8)11(12(17)18)7-9-4-3-5-10(6-9)19-2/h3-7H,1-2H3,(H,17,18)/b11-7+. The van der Waals surface area contributed by atoms with Crippen LogP contribution in [0.2, 0.25) is 0 Å². The number of nitrogens with zero attached hydrogens (tertiary/aromatic N) is 4. The first kappa shape index (κ1) is 12.7. The van der Waals surface area contributed by atoms with Crippen molar-refractivity contribution < 1.29 is 14.6 Å². The maximum Gasteiger partial charge on any atom is 0.354 e. The van der Waals surface area contributed by atoms with E-state index >= 15 is 0 Å². The molecule has 1 aromatic heterocycles. The number of hydrogen-bond acceptors (Lipinski definition) is 5. The monoisotopic (exact) mass is 260 g/mol.